The lowest BCUT2D eigenvalue weighted by Crippen LogP contribution is -2.42. The Morgan fingerprint density at radius 2 is 1.85 bits per heavy atom. The Kier molecular flexibility index (Phi) is 7.26. The Balaban J connectivity index is 2.15. The Bertz CT molecular complexity index is 630. The van der Waals surface area contributed by atoms with E-state index in [0.29, 0.717) is 30.2 Å². The van der Waals surface area contributed by atoms with E-state index in [4.69, 9.17) is 14.2 Å². The Morgan fingerprint density at radius 3 is 2.50 bits per heavy atom. The van der Waals surface area contributed by atoms with Gasteiger partial charge in [0.25, 0.3) is 5.91 Å². The van der Waals surface area contributed by atoms with Crippen molar-refractivity contribution in [3.8, 4) is 11.5 Å². The van der Waals surface area contributed by atoms with Gasteiger partial charge in [0.2, 0.25) is 6.79 Å². The highest BCUT2D eigenvalue weighted by Gasteiger charge is 2.24. The Morgan fingerprint density at radius 1 is 1.15 bits per heavy atom. The third-order valence-electron chi connectivity index (χ3n) is 4.59. The summed E-state index contributed by atoms with van der Waals surface area (Å²) in [7, 11) is 1.36. The zero-order valence-corrected chi connectivity index (χ0v) is 16.0. The van der Waals surface area contributed by atoms with Gasteiger partial charge in [-0.3, -0.25) is 9.59 Å². The maximum absolute atomic E-state index is 13.0. The summed E-state index contributed by atoms with van der Waals surface area (Å²) in [6, 6.07) is 5.16. The predicted octanol–water partition coefficient (Wildman–Crippen LogP) is 2.01. The van der Waals surface area contributed by atoms with Crippen molar-refractivity contribution >= 4 is 11.9 Å². The van der Waals surface area contributed by atoms with E-state index in [9.17, 15) is 9.59 Å². The summed E-state index contributed by atoms with van der Waals surface area (Å²) in [5.41, 5.74) is 0.519. The number of carbonyl (C=O) groups excluding carboxylic acids is 2. The fourth-order valence-electron chi connectivity index (χ4n) is 2.90. The van der Waals surface area contributed by atoms with E-state index in [2.05, 4.69) is 18.7 Å². The van der Waals surface area contributed by atoms with Gasteiger partial charge in [-0.25, -0.2) is 0 Å². The maximum Gasteiger partial charge on any atom is 0.310 e. The molecule has 0 saturated heterocycles. The number of hydrogen-bond acceptors (Lipinski definition) is 6. The maximum atomic E-state index is 13.0. The van der Waals surface area contributed by atoms with Crippen LogP contribution in [-0.4, -0.2) is 68.3 Å². The average Bonchev–Trinajstić information content (AvgIpc) is 3.14. The van der Waals surface area contributed by atoms with Gasteiger partial charge in [-0.1, -0.05) is 20.8 Å². The van der Waals surface area contributed by atoms with E-state index in [1.807, 2.05) is 0 Å². The number of fused-ring (bicyclic) bond motifs is 1. The van der Waals surface area contributed by atoms with Crippen molar-refractivity contribution in [1.29, 1.82) is 0 Å². The summed E-state index contributed by atoms with van der Waals surface area (Å²) in [5, 5.41) is 0. The summed E-state index contributed by atoms with van der Waals surface area (Å²) in [4.78, 5) is 28.8. The summed E-state index contributed by atoms with van der Waals surface area (Å²) in [6.07, 6.45) is 0. The molecule has 1 amide bonds. The first-order valence-electron chi connectivity index (χ1n) is 8.99. The van der Waals surface area contributed by atoms with Gasteiger partial charge in [0.15, 0.2) is 11.5 Å². The monoisotopic (exact) mass is 364 g/mol. The number of rotatable bonds is 9. The minimum absolute atomic E-state index is 0.133. The summed E-state index contributed by atoms with van der Waals surface area (Å²) in [5.74, 6) is 0.358. The van der Waals surface area contributed by atoms with Crippen LogP contribution in [0.15, 0.2) is 18.2 Å². The molecule has 0 aliphatic carbocycles. The van der Waals surface area contributed by atoms with Crippen molar-refractivity contribution in [1.82, 2.24) is 9.80 Å². The second-order valence-electron chi connectivity index (χ2n) is 6.27. The Hall–Kier alpha value is -2.28. The lowest BCUT2D eigenvalue weighted by atomic mass is 10.1. The molecule has 1 heterocycles. The van der Waals surface area contributed by atoms with E-state index in [1.54, 1.807) is 30.0 Å². The fourth-order valence-corrected chi connectivity index (χ4v) is 2.90. The molecule has 1 aliphatic rings. The highest BCUT2D eigenvalue weighted by atomic mass is 16.7. The quantitative estimate of drug-likeness (QED) is 0.625. The number of methoxy groups -OCH3 is 1. The fraction of sp³-hybridized carbons (Fsp3) is 0.579. The molecule has 7 nitrogen and oxygen atoms in total. The molecule has 1 aliphatic heterocycles. The number of nitrogens with zero attached hydrogens (tertiary/aromatic N) is 2. The molecule has 0 N–H and O–H groups in total. The van der Waals surface area contributed by atoms with E-state index >= 15 is 0 Å². The molecular formula is C19H28N2O5. The third-order valence-corrected chi connectivity index (χ3v) is 4.59. The van der Waals surface area contributed by atoms with Gasteiger partial charge in [0.1, 0.15) is 0 Å². The van der Waals surface area contributed by atoms with Crippen molar-refractivity contribution in [2.75, 3.05) is 46.6 Å². The van der Waals surface area contributed by atoms with Crippen molar-refractivity contribution in [3.63, 3.8) is 0 Å². The number of ether oxygens (including phenoxy) is 3. The van der Waals surface area contributed by atoms with Crippen molar-refractivity contribution in [2.45, 2.75) is 20.8 Å². The van der Waals surface area contributed by atoms with E-state index in [0.717, 1.165) is 19.6 Å². The number of carbonyl (C=O) groups is 2. The first-order valence-corrected chi connectivity index (χ1v) is 8.99. The zero-order valence-electron chi connectivity index (χ0n) is 16.0. The van der Waals surface area contributed by atoms with Crippen LogP contribution in [0, 0.1) is 5.92 Å². The minimum Gasteiger partial charge on any atom is -0.469 e. The molecule has 1 aromatic rings. The molecule has 0 aromatic heterocycles. The molecule has 1 unspecified atom stereocenters. The number of esters is 1. The van der Waals surface area contributed by atoms with Crippen LogP contribution in [0.2, 0.25) is 0 Å². The highest BCUT2D eigenvalue weighted by Crippen LogP contribution is 2.32. The molecule has 0 fully saturated rings. The van der Waals surface area contributed by atoms with Gasteiger partial charge in [0, 0.05) is 25.2 Å². The van der Waals surface area contributed by atoms with Crippen molar-refractivity contribution < 1.29 is 23.8 Å². The van der Waals surface area contributed by atoms with E-state index in [1.165, 1.54) is 7.11 Å². The molecule has 0 bridgehead atoms. The largest absolute Gasteiger partial charge is 0.469 e. The van der Waals surface area contributed by atoms with Crippen LogP contribution < -0.4 is 9.47 Å². The van der Waals surface area contributed by atoms with E-state index < -0.39 is 5.92 Å². The normalized spacial score (nSPS) is 13.6. The lowest BCUT2D eigenvalue weighted by Gasteiger charge is -2.28. The van der Waals surface area contributed by atoms with Crippen LogP contribution in [0.3, 0.4) is 0 Å². The third kappa shape index (κ3) is 4.88. The Labute approximate surface area is 154 Å². The van der Waals surface area contributed by atoms with Crippen LogP contribution in [0.4, 0.5) is 0 Å². The lowest BCUT2D eigenvalue weighted by molar-refractivity contribution is -0.145. The van der Waals surface area contributed by atoms with Gasteiger partial charge in [-0.05, 0) is 31.3 Å². The molecule has 2 rings (SSSR count). The summed E-state index contributed by atoms with van der Waals surface area (Å²) in [6.45, 7) is 9.52. The summed E-state index contributed by atoms with van der Waals surface area (Å²) < 4.78 is 15.5. The zero-order chi connectivity index (χ0) is 19.1. The van der Waals surface area contributed by atoms with Gasteiger partial charge in [-0.15, -0.1) is 0 Å². The molecule has 7 heteroatoms. The van der Waals surface area contributed by atoms with Gasteiger partial charge in [0.05, 0.1) is 13.0 Å². The first-order chi connectivity index (χ1) is 12.5. The average molecular weight is 364 g/mol. The molecule has 1 aromatic carbocycles. The highest BCUT2D eigenvalue weighted by molar-refractivity contribution is 5.95. The second-order valence-corrected chi connectivity index (χ2v) is 6.27. The van der Waals surface area contributed by atoms with Crippen molar-refractivity contribution in [3.05, 3.63) is 23.8 Å². The molecule has 1 atom stereocenters. The van der Waals surface area contributed by atoms with Crippen LogP contribution >= 0.6 is 0 Å². The topological polar surface area (TPSA) is 68.3 Å². The SMILES string of the molecule is CCN(CC)CCN(CC(C)C(=O)OC)C(=O)c1ccc2c(c1)OCO2. The predicted molar refractivity (Wildman–Crippen MR) is 97.4 cm³/mol. The second kappa shape index (κ2) is 9.43. The molecule has 26 heavy (non-hydrogen) atoms. The van der Waals surface area contributed by atoms with Gasteiger partial charge in [-0.2, -0.15) is 0 Å². The number of benzene rings is 1. The standard InChI is InChI=1S/C19H28N2O5/c1-5-20(6-2)9-10-21(12-14(3)19(23)24-4)18(22)15-7-8-16-17(11-15)26-13-25-16/h7-8,11,14H,5-6,9-10,12-13H2,1-4H3. The molecular weight excluding hydrogens is 336 g/mol. The van der Waals surface area contributed by atoms with Crippen LogP contribution in [0.25, 0.3) is 0 Å². The van der Waals surface area contributed by atoms with Crippen molar-refractivity contribution in [2.24, 2.45) is 5.92 Å². The molecule has 144 valence electrons. The van der Waals surface area contributed by atoms with Crippen LogP contribution in [0.1, 0.15) is 31.1 Å². The number of likely N-dealkylation sites (N-methyl/N-ethyl adjacent to an activating group) is 1. The minimum atomic E-state index is -0.394. The number of amides is 1. The summed E-state index contributed by atoms with van der Waals surface area (Å²) >= 11 is 0. The van der Waals surface area contributed by atoms with E-state index in [-0.39, 0.29) is 18.7 Å². The first kappa shape index (κ1) is 20.0. The van der Waals surface area contributed by atoms with Gasteiger partial charge < -0.3 is 24.0 Å². The van der Waals surface area contributed by atoms with Gasteiger partial charge >= 0.3 is 5.97 Å². The molecule has 0 saturated carbocycles. The number of hydrogen-bond donors (Lipinski definition) is 0. The smallest absolute Gasteiger partial charge is 0.310 e. The van der Waals surface area contributed by atoms with Crippen LogP contribution in [0.5, 0.6) is 11.5 Å². The molecule has 0 spiro atoms. The molecule has 0 radical (unpaired) electrons. The van der Waals surface area contributed by atoms with Crippen LogP contribution in [-0.2, 0) is 9.53 Å².